The number of ether oxygens (including phenoxy) is 2. The molecule has 8 heteroatoms. The standard InChI is InChI=1S/C18H24N2O5S/c1-11(21)7-5-4-6-8-14-20-12(10-26-14)15-16(18(22)23)19-9-13(24-2)17(15)25-3/h9-11,21H,4-8H2,1-3H3,(H,22,23). The molecule has 2 rings (SSSR count). The number of rotatable bonds is 10. The third-order valence-corrected chi connectivity index (χ3v) is 4.85. The summed E-state index contributed by atoms with van der Waals surface area (Å²) in [4.78, 5) is 20.1. The van der Waals surface area contributed by atoms with Crippen LogP contribution in [0.15, 0.2) is 11.6 Å². The van der Waals surface area contributed by atoms with Gasteiger partial charge in [0.2, 0.25) is 0 Å². The minimum atomic E-state index is -1.14. The summed E-state index contributed by atoms with van der Waals surface area (Å²) < 4.78 is 10.6. The zero-order valence-electron chi connectivity index (χ0n) is 15.2. The van der Waals surface area contributed by atoms with Gasteiger partial charge in [0.25, 0.3) is 0 Å². The van der Waals surface area contributed by atoms with Gasteiger partial charge < -0.3 is 19.7 Å². The summed E-state index contributed by atoms with van der Waals surface area (Å²) in [5, 5.41) is 21.5. The number of aliphatic hydroxyl groups excluding tert-OH is 1. The molecule has 1 atom stereocenters. The summed E-state index contributed by atoms with van der Waals surface area (Å²) in [6, 6.07) is 0. The van der Waals surface area contributed by atoms with Crippen LogP contribution in [0.4, 0.5) is 0 Å². The molecule has 142 valence electrons. The molecule has 2 heterocycles. The normalized spacial score (nSPS) is 12.0. The summed E-state index contributed by atoms with van der Waals surface area (Å²) in [5.74, 6) is -0.470. The first-order valence-electron chi connectivity index (χ1n) is 8.45. The van der Waals surface area contributed by atoms with Crippen LogP contribution in [0.1, 0.15) is 48.1 Å². The lowest BCUT2D eigenvalue weighted by molar-refractivity contribution is 0.0691. The highest BCUT2D eigenvalue weighted by atomic mass is 32.1. The van der Waals surface area contributed by atoms with Crippen molar-refractivity contribution in [2.24, 2.45) is 0 Å². The van der Waals surface area contributed by atoms with Gasteiger partial charge in [0.1, 0.15) is 0 Å². The first-order chi connectivity index (χ1) is 12.5. The van der Waals surface area contributed by atoms with Crippen LogP contribution in [0.25, 0.3) is 11.3 Å². The third-order valence-electron chi connectivity index (χ3n) is 3.95. The number of aryl methyl sites for hydroxylation is 1. The van der Waals surface area contributed by atoms with Crippen LogP contribution in [0, 0.1) is 0 Å². The smallest absolute Gasteiger partial charge is 0.355 e. The first-order valence-corrected chi connectivity index (χ1v) is 9.33. The number of aliphatic hydroxyl groups is 1. The van der Waals surface area contributed by atoms with Crippen molar-refractivity contribution < 1.29 is 24.5 Å². The second-order valence-electron chi connectivity index (χ2n) is 5.96. The van der Waals surface area contributed by atoms with Gasteiger partial charge in [0, 0.05) is 5.38 Å². The van der Waals surface area contributed by atoms with Gasteiger partial charge in [0.15, 0.2) is 17.2 Å². The number of pyridine rings is 1. The van der Waals surface area contributed by atoms with E-state index >= 15 is 0 Å². The van der Waals surface area contributed by atoms with E-state index in [0.29, 0.717) is 22.8 Å². The average Bonchev–Trinajstić information content (AvgIpc) is 3.08. The van der Waals surface area contributed by atoms with Gasteiger partial charge in [-0.1, -0.05) is 12.8 Å². The second-order valence-corrected chi connectivity index (χ2v) is 6.91. The monoisotopic (exact) mass is 380 g/mol. The van der Waals surface area contributed by atoms with Crippen molar-refractivity contribution >= 4 is 17.3 Å². The molecule has 2 aromatic rings. The molecule has 0 saturated heterocycles. The number of aromatic nitrogens is 2. The molecule has 2 N–H and O–H groups in total. The summed E-state index contributed by atoms with van der Waals surface area (Å²) in [5.41, 5.74) is 0.738. The molecular formula is C18H24N2O5S. The molecule has 0 aromatic carbocycles. The van der Waals surface area contributed by atoms with E-state index in [-0.39, 0.29) is 11.8 Å². The third kappa shape index (κ3) is 4.92. The van der Waals surface area contributed by atoms with Gasteiger partial charge in [-0.2, -0.15) is 0 Å². The lowest BCUT2D eigenvalue weighted by atomic mass is 10.1. The van der Waals surface area contributed by atoms with Crippen molar-refractivity contribution in [3.63, 3.8) is 0 Å². The maximum Gasteiger partial charge on any atom is 0.355 e. The lowest BCUT2D eigenvalue weighted by Gasteiger charge is -2.12. The predicted molar refractivity (Wildman–Crippen MR) is 99.3 cm³/mol. The van der Waals surface area contributed by atoms with Crippen molar-refractivity contribution in [3.8, 4) is 22.8 Å². The number of nitrogens with zero attached hydrogens (tertiary/aromatic N) is 2. The maximum atomic E-state index is 11.6. The van der Waals surface area contributed by atoms with E-state index in [9.17, 15) is 15.0 Å². The van der Waals surface area contributed by atoms with Gasteiger partial charge in [-0.15, -0.1) is 11.3 Å². The van der Waals surface area contributed by atoms with E-state index in [1.54, 1.807) is 6.92 Å². The number of carboxylic acids is 1. The van der Waals surface area contributed by atoms with Crippen molar-refractivity contribution in [1.82, 2.24) is 9.97 Å². The number of hydrogen-bond acceptors (Lipinski definition) is 7. The highest BCUT2D eigenvalue weighted by Gasteiger charge is 2.24. The van der Waals surface area contributed by atoms with Crippen molar-refractivity contribution in [2.75, 3.05) is 14.2 Å². The number of aromatic carboxylic acids is 1. The minimum Gasteiger partial charge on any atom is -0.492 e. The van der Waals surface area contributed by atoms with Crippen LogP contribution in [0.5, 0.6) is 11.5 Å². The van der Waals surface area contributed by atoms with Crippen LogP contribution in [0.2, 0.25) is 0 Å². The fourth-order valence-electron chi connectivity index (χ4n) is 2.66. The van der Waals surface area contributed by atoms with Gasteiger partial charge in [-0.25, -0.2) is 14.8 Å². The van der Waals surface area contributed by atoms with E-state index in [1.807, 2.05) is 5.38 Å². The van der Waals surface area contributed by atoms with Gasteiger partial charge in [-0.3, -0.25) is 0 Å². The predicted octanol–water partition coefficient (Wildman–Crippen LogP) is 3.40. The second kappa shape index (κ2) is 9.49. The molecular weight excluding hydrogens is 356 g/mol. The van der Waals surface area contributed by atoms with Gasteiger partial charge in [0.05, 0.1) is 42.8 Å². The topological polar surface area (TPSA) is 102 Å². The number of unbranched alkanes of at least 4 members (excludes halogenated alkanes) is 2. The first kappa shape index (κ1) is 20.1. The summed E-state index contributed by atoms with van der Waals surface area (Å²) >= 11 is 1.48. The summed E-state index contributed by atoms with van der Waals surface area (Å²) in [7, 11) is 2.94. The molecule has 0 saturated carbocycles. The highest BCUT2D eigenvalue weighted by Crippen LogP contribution is 2.39. The van der Waals surface area contributed by atoms with E-state index < -0.39 is 5.97 Å². The van der Waals surface area contributed by atoms with E-state index in [1.165, 1.54) is 31.8 Å². The molecule has 0 spiro atoms. The molecule has 26 heavy (non-hydrogen) atoms. The average molecular weight is 380 g/mol. The molecule has 7 nitrogen and oxygen atoms in total. The highest BCUT2D eigenvalue weighted by molar-refractivity contribution is 7.09. The van der Waals surface area contributed by atoms with E-state index in [0.717, 1.165) is 37.1 Å². The number of carbonyl (C=O) groups is 1. The Balaban J connectivity index is 2.21. The zero-order chi connectivity index (χ0) is 19.1. The molecule has 2 aromatic heterocycles. The number of methoxy groups -OCH3 is 2. The number of hydrogen-bond donors (Lipinski definition) is 2. The maximum absolute atomic E-state index is 11.6. The fraction of sp³-hybridized carbons (Fsp3) is 0.500. The lowest BCUT2D eigenvalue weighted by Crippen LogP contribution is -2.06. The van der Waals surface area contributed by atoms with Crippen LogP contribution in [-0.4, -0.2) is 46.5 Å². The molecule has 0 bridgehead atoms. The molecule has 0 aliphatic heterocycles. The SMILES string of the molecule is COc1cnc(C(=O)O)c(-c2csc(CCCCCC(C)O)n2)c1OC. The van der Waals surface area contributed by atoms with Crippen LogP contribution in [0.3, 0.4) is 0 Å². The molecule has 0 amide bonds. The Morgan fingerprint density at radius 1 is 1.27 bits per heavy atom. The Kier molecular flexibility index (Phi) is 7.35. The van der Waals surface area contributed by atoms with Crippen LogP contribution in [-0.2, 0) is 6.42 Å². The minimum absolute atomic E-state index is 0.114. The molecule has 0 aliphatic carbocycles. The molecule has 1 unspecified atom stereocenters. The van der Waals surface area contributed by atoms with E-state index in [4.69, 9.17) is 9.47 Å². The molecule has 0 radical (unpaired) electrons. The number of carboxylic acid groups (broad SMARTS) is 1. The fourth-order valence-corrected chi connectivity index (χ4v) is 3.49. The largest absolute Gasteiger partial charge is 0.492 e. The summed E-state index contributed by atoms with van der Waals surface area (Å²) in [6.07, 6.45) is 5.66. The quantitative estimate of drug-likeness (QED) is 0.609. The Bertz CT molecular complexity index is 745. The Hall–Kier alpha value is -2.19. The summed E-state index contributed by atoms with van der Waals surface area (Å²) in [6.45, 7) is 1.79. The van der Waals surface area contributed by atoms with Crippen molar-refractivity contribution in [1.29, 1.82) is 0 Å². The Labute approximate surface area is 156 Å². The Morgan fingerprint density at radius 3 is 2.65 bits per heavy atom. The number of thiazole rings is 1. The van der Waals surface area contributed by atoms with Crippen molar-refractivity contribution in [3.05, 3.63) is 22.3 Å². The Morgan fingerprint density at radius 2 is 2.04 bits per heavy atom. The zero-order valence-corrected chi connectivity index (χ0v) is 16.0. The van der Waals surface area contributed by atoms with Crippen molar-refractivity contribution in [2.45, 2.75) is 45.1 Å². The van der Waals surface area contributed by atoms with Gasteiger partial charge in [-0.05, 0) is 26.2 Å². The van der Waals surface area contributed by atoms with Crippen LogP contribution >= 0.6 is 11.3 Å². The molecule has 0 fully saturated rings. The molecule has 0 aliphatic rings. The van der Waals surface area contributed by atoms with E-state index in [2.05, 4.69) is 9.97 Å². The van der Waals surface area contributed by atoms with Gasteiger partial charge >= 0.3 is 5.97 Å². The van der Waals surface area contributed by atoms with Crippen LogP contribution < -0.4 is 9.47 Å².